The second kappa shape index (κ2) is 7.11. The molecule has 6 nitrogen and oxygen atoms in total. The summed E-state index contributed by atoms with van der Waals surface area (Å²) in [4.78, 5) is 11.1. The molecule has 0 amide bonds. The maximum absolute atomic E-state index is 11.8. The third-order valence-corrected chi connectivity index (χ3v) is 6.69. The number of hydrogen-bond acceptors (Lipinski definition) is 6. The molecule has 2 heterocycles. The van der Waals surface area contributed by atoms with E-state index in [1.165, 1.54) is 5.56 Å². The standard InChI is InChI=1S/C20H28N4O2S/c1-14-12-18(24(5)15-10-11-27(25,26)13-15)23-19(21-14)22-17-9-7-6-8-16(17)20(2,3)4/h6-9,12,15H,10-11,13H2,1-5H3,(H,21,22,23). The van der Waals surface area contributed by atoms with Crippen molar-refractivity contribution < 1.29 is 8.42 Å². The zero-order chi connectivity index (χ0) is 19.8. The Kier molecular flexibility index (Phi) is 5.16. The maximum Gasteiger partial charge on any atom is 0.229 e. The Balaban J connectivity index is 1.89. The van der Waals surface area contributed by atoms with Gasteiger partial charge in [0.1, 0.15) is 5.82 Å². The molecule has 0 aliphatic carbocycles. The highest BCUT2D eigenvalue weighted by atomic mass is 32.2. The monoisotopic (exact) mass is 388 g/mol. The van der Waals surface area contributed by atoms with Crippen LogP contribution >= 0.6 is 0 Å². The van der Waals surface area contributed by atoms with Crippen molar-refractivity contribution in [3.63, 3.8) is 0 Å². The average molecular weight is 389 g/mol. The highest BCUT2D eigenvalue weighted by Gasteiger charge is 2.31. The quantitative estimate of drug-likeness (QED) is 0.865. The van der Waals surface area contributed by atoms with Gasteiger partial charge in [0.05, 0.1) is 11.5 Å². The van der Waals surface area contributed by atoms with E-state index in [0.29, 0.717) is 12.4 Å². The Labute approximate surface area is 162 Å². The van der Waals surface area contributed by atoms with Crippen molar-refractivity contribution in [3.8, 4) is 0 Å². The smallest absolute Gasteiger partial charge is 0.229 e. The van der Waals surface area contributed by atoms with Gasteiger partial charge >= 0.3 is 0 Å². The summed E-state index contributed by atoms with van der Waals surface area (Å²) in [6, 6.07) is 10.0. The van der Waals surface area contributed by atoms with Crippen LogP contribution in [0.3, 0.4) is 0 Å². The number of benzene rings is 1. The summed E-state index contributed by atoms with van der Waals surface area (Å²) in [6.07, 6.45) is 0.636. The molecule has 0 spiro atoms. The van der Waals surface area contributed by atoms with Gasteiger partial charge in [-0.1, -0.05) is 39.0 Å². The number of rotatable bonds is 4. The van der Waals surface area contributed by atoms with Gasteiger partial charge in [-0.15, -0.1) is 0 Å². The number of sulfone groups is 1. The predicted octanol–water partition coefficient (Wildman–Crippen LogP) is 3.45. The molecular formula is C20H28N4O2S. The summed E-state index contributed by atoms with van der Waals surface area (Å²) in [7, 11) is -1.04. The fraction of sp³-hybridized carbons (Fsp3) is 0.500. The number of aryl methyl sites for hydroxylation is 1. The van der Waals surface area contributed by atoms with E-state index in [9.17, 15) is 8.42 Å². The maximum atomic E-state index is 11.8. The zero-order valence-corrected chi connectivity index (χ0v) is 17.5. The second-order valence-corrected chi connectivity index (χ2v) is 10.5. The molecule has 0 saturated carbocycles. The molecular weight excluding hydrogens is 360 g/mol. The molecule has 1 aromatic heterocycles. The molecule has 1 saturated heterocycles. The summed E-state index contributed by atoms with van der Waals surface area (Å²) in [5.74, 6) is 1.69. The van der Waals surface area contributed by atoms with E-state index in [-0.39, 0.29) is 23.0 Å². The number of nitrogens with zero attached hydrogens (tertiary/aromatic N) is 3. The van der Waals surface area contributed by atoms with Crippen LogP contribution in [0.15, 0.2) is 30.3 Å². The summed E-state index contributed by atoms with van der Waals surface area (Å²) in [6.45, 7) is 8.43. The zero-order valence-electron chi connectivity index (χ0n) is 16.7. The molecule has 146 valence electrons. The van der Waals surface area contributed by atoms with Crippen LogP contribution in [-0.2, 0) is 15.3 Å². The van der Waals surface area contributed by atoms with Gasteiger partial charge in [0, 0.05) is 30.5 Å². The molecule has 27 heavy (non-hydrogen) atoms. The van der Waals surface area contributed by atoms with Crippen molar-refractivity contribution in [2.45, 2.75) is 45.6 Å². The highest BCUT2D eigenvalue weighted by Crippen LogP contribution is 2.31. The number of aromatic nitrogens is 2. The summed E-state index contributed by atoms with van der Waals surface area (Å²) < 4.78 is 23.6. The normalized spacial score (nSPS) is 19.1. The molecule has 3 rings (SSSR count). The van der Waals surface area contributed by atoms with Crippen molar-refractivity contribution in [1.82, 2.24) is 9.97 Å². The van der Waals surface area contributed by atoms with E-state index < -0.39 is 9.84 Å². The van der Waals surface area contributed by atoms with Crippen LogP contribution in [-0.4, -0.2) is 43.0 Å². The number of para-hydroxylation sites is 1. The first-order valence-corrected chi connectivity index (χ1v) is 11.0. The van der Waals surface area contributed by atoms with Crippen LogP contribution in [0.5, 0.6) is 0 Å². The molecule has 0 radical (unpaired) electrons. The topological polar surface area (TPSA) is 75.2 Å². The van der Waals surface area contributed by atoms with Gasteiger partial charge in [0.25, 0.3) is 0 Å². The minimum Gasteiger partial charge on any atom is -0.355 e. The van der Waals surface area contributed by atoms with Crippen LogP contribution in [0, 0.1) is 6.92 Å². The predicted molar refractivity (Wildman–Crippen MR) is 111 cm³/mol. The number of hydrogen-bond donors (Lipinski definition) is 1. The Bertz CT molecular complexity index is 935. The van der Waals surface area contributed by atoms with Crippen molar-refractivity contribution >= 4 is 27.3 Å². The molecule has 1 aromatic carbocycles. The van der Waals surface area contributed by atoms with Gasteiger partial charge in [-0.05, 0) is 30.4 Å². The largest absolute Gasteiger partial charge is 0.355 e. The van der Waals surface area contributed by atoms with Crippen molar-refractivity contribution in [1.29, 1.82) is 0 Å². The summed E-state index contributed by atoms with van der Waals surface area (Å²) in [5, 5.41) is 3.35. The Morgan fingerprint density at radius 1 is 1.19 bits per heavy atom. The van der Waals surface area contributed by atoms with Crippen LogP contribution in [0.2, 0.25) is 0 Å². The third kappa shape index (κ3) is 4.58. The fourth-order valence-electron chi connectivity index (χ4n) is 3.42. The summed E-state index contributed by atoms with van der Waals surface area (Å²) >= 11 is 0. The number of nitrogens with one attached hydrogen (secondary N) is 1. The van der Waals surface area contributed by atoms with Gasteiger partial charge in [0.15, 0.2) is 9.84 Å². The molecule has 1 unspecified atom stereocenters. The lowest BCUT2D eigenvalue weighted by Gasteiger charge is -2.26. The lowest BCUT2D eigenvalue weighted by molar-refractivity contribution is 0.592. The van der Waals surface area contributed by atoms with Crippen molar-refractivity contribution in [2.24, 2.45) is 0 Å². The van der Waals surface area contributed by atoms with Crippen LogP contribution in [0.4, 0.5) is 17.5 Å². The van der Waals surface area contributed by atoms with E-state index in [0.717, 1.165) is 17.2 Å². The molecule has 1 aliphatic rings. The van der Waals surface area contributed by atoms with Gasteiger partial charge in [-0.2, -0.15) is 4.98 Å². The molecule has 1 aliphatic heterocycles. The second-order valence-electron chi connectivity index (χ2n) is 8.28. The molecule has 1 N–H and O–H groups in total. The van der Waals surface area contributed by atoms with Gasteiger partial charge in [0.2, 0.25) is 5.95 Å². The first kappa shape index (κ1) is 19.6. The third-order valence-electron chi connectivity index (χ3n) is 4.94. The molecule has 1 atom stereocenters. The molecule has 7 heteroatoms. The van der Waals surface area contributed by atoms with Crippen LogP contribution < -0.4 is 10.2 Å². The Hall–Kier alpha value is -2.15. The van der Waals surface area contributed by atoms with Gasteiger partial charge < -0.3 is 10.2 Å². The Morgan fingerprint density at radius 3 is 2.52 bits per heavy atom. The Morgan fingerprint density at radius 2 is 1.89 bits per heavy atom. The number of anilines is 3. The van der Waals surface area contributed by atoms with E-state index in [2.05, 4.69) is 42.1 Å². The lowest BCUT2D eigenvalue weighted by atomic mass is 9.86. The summed E-state index contributed by atoms with van der Waals surface area (Å²) in [5.41, 5.74) is 2.99. The van der Waals surface area contributed by atoms with Crippen molar-refractivity contribution in [2.75, 3.05) is 28.8 Å². The fourth-order valence-corrected chi connectivity index (χ4v) is 5.20. The first-order valence-electron chi connectivity index (χ1n) is 9.21. The van der Waals surface area contributed by atoms with Crippen LogP contribution in [0.25, 0.3) is 0 Å². The SMILES string of the molecule is Cc1cc(N(C)C2CCS(=O)(=O)C2)nc(Nc2ccccc2C(C)(C)C)n1. The lowest BCUT2D eigenvalue weighted by Crippen LogP contribution is -2.33. The highest BCUT2D eigenvalue weighted by molar-refractivity contribution is 7.91. The molecule has 1 fully saturated rings. The van der Waals surface area contributed by atoms with E-state index in [1.807, 2.05) is 43.1 Å². The average Bonchev–Trinajstić information content (AvgIpc) is 2.93. The van der Waals surface area contributed by atoms with Crippen molar-refractivity contribution in [3.05, 3.63) is 41.6 Å². The van der Waals surface area contributed by atoms with E-state index in [1.54, 1.807) is 0 Å². The minimum absolute atomic E-state index is 0.00868. The van der Waals surface area contributed by atoms with E-state index in [4.69, 9.17) is 0 Å². The van der Waals surface area contributed by atoms with Gasteiger partial charge in [-0.3, -0.25) is 0 Å². The first-order chi connectivity index (χ1) is 12.5. The minimum atomic E-state index is -2.94. The van der Waals surface area contributed by atoms with E-state index >= 15 is 0 Å². The molecule has 2 aromatic rings. The van der Waals surface area contributed by atoms with Gasteiger partial charge in [-0.25, -0.2) is 13.4 Å². The molecule has 0 bridgehead atoms. The van der Waals surface area contributed by atoms with Crippen LogP contribution in [0.1, 0.15) is 38.4 Å².